The first-order valence-corrected chi connectivity index (χ1v) is 8.20. The number of rotatable bonds is 2. The number of benzene rings is 2. The number of hydrogen-bond donors (Lipinski definition) is 2. The fourth-order valence-electron chi connectivity index (χ4n) is 4.08. The number of nitrogens with zero attached hydrogens (tertiary/aromatic N) is 1. The van der Waals surface area contributed by atoms with E-state index >= 15 is 0 Å². The molecule has 0 amide bonds. The standard InChI is InChI=1S/C19H23N3.2ClH/c20-11-15-7-4-8-16-18-12-21-9-10-22(18)13-17(19(15)16)14-5-2-1-3-6-14;;/h1-8,17-18,21H,9-13,20H2;2*1H/t17-,18+;;/m0../s1. The molecule has 2 aliphatic rings. The molecule has 1 saturated heterocycles. The van der Waals surface area contributed by atoms with Crippen LogP contribution in [0.5, 0.6) is 0 Å². The molecule has 0 bridgehead atoms. The molecule has 130 valence electrons. The van der Waals surface area contributed by atoms with Gasteiger partial charge in [0, 0.05) is 44.7 Å². The van der Waals surface area contributed by atoms with Crippen LogP contribution in [0.25, 0.3) is 0 Å². The third kappa shape index (κ3) is 3.32. The molecule has 0 unspecified atom stereocenters. The minimum Gasteiger partial charge on any atom is -0.326 e. The molecule has 2 aromatic rings. The molecule has 0 aliphatic carbocycles. The molecule has 0 aromatic heterocycles. The second kappa shape index (κ2) is 8.32. The van der Waals surface area contributed by atoms with E-state index in [1.807, 2.05) is 0 Å². The molecule has 2 atom stereocenters. The largest absolute Gasteiger partial charge is 0.326 e. The summed E-state index contributed by atoms with van der Waals surface area (Å²) in [6.45, 7) is 4.97. The molecule has 24 heavy (non-hydrogen) atoms. The zero-order chi connectivity index (χ0) is 14.9. The Bertz CT molecular complexity index is 663. The van der Waals surface area contributed by atoms with Crippen molar-refractivity contribution in [1.82, 2.24) is 10.2 Å². The molecular formula is C19H25Cl2N3. The molecule has 0 saturated carbocycles. The van der Waals surface area contributed by atoms with Gasteiger partial charge in [-0.2, -0.15) is 0 Å². The van der Waals surface area contributed by atoms with Gasteiger partial charge in [0.25, 0.3) is 0 Å². The van der Waals surface area contributed by atoms with Crippen molar-refractivity contribution in [2.24, 2.45) is 5.73 Å². The van der Waals surface area contributed by atoms with Crippen LogP contribution in [0.4, 0.5) is 0 Å². The van der Waals surface area contributed by atoms with Crippen LogP contribution in [-0.4, -0.2) is 31.1 Å². The van der Waals surface area contributed by atoms with Crippen molar-refractivity contribution in [1.29, 1.82) is 0 Å². The van der Waals surface area contributed by atoms with Gasteiger partial charge in [0.1, 0.15) is 0 Å². The van der Waals surface area contributed by atoms with E-state index in [0.717, 1.165) is 26.2 Å². The van der Waals surface area contributed by atoms with Gasteiger partial charge in [-0.1, -0.05) is 48.5 Å². The van der Waals surface area contributed by atoms with E-state index < -0.39 is 0 Å². The second-order valence-electron chi connectivity index (χ2n) is 6.30. The molecule has 2 aromatic carbocycles. The summed E-state index contributed by atoms with van der Waals surface area (Å²) in [6.07, 6.45) is 0. The summed E-state index contributed by atoms with van der Waals surface area (Å²) in [6, 6.07) is 18.0. The first kappa shape index (κ1) is 19.2. The van der Waals surface area contributed by atoms with Crippen molar-refractivity contribution < 1.29 is 0 Å². The van der Waals surface area contributed by atoms with Crippen LogP contribution >= 0.6 is 24.8 Å². The van der Waals surface area contributed by atoms with E-state index in [4.69, 9.17) is 5.73 Å². The number of halogens is 2. The van der Waals surface area contributed by atoms with Crippen LogP contribution in [0.2, 0.25) is 0 Å². The maximum Gasteiger partial charge on any atom is 0.0476 e. The Labute approximate surface area is 156 Å². The number of piperazine rings is 1. The number of hydrogen-bond acceptors (Lipinski definition) is 3. The highest BCUT2D eigenvalue weighted by Crippen LogP contribution is 2.41. The van der Waals surface area contributed by atoms with Gasteiger partial charge < -0.3 is 11.1 Å². The van der Waals surface area contributed by atoms with Crippen molar-refractivity contribution >= 4 is 24.8 Å². The molecule has 1 fully saturated rings. The Morgan fingerprint density at radius 3 is 2.58 bits per heavy atom. The average molecular weight is 366 g/mol. The van der Waals surface area contributed by atoms with Crippen molar-refractivity contribution in [2.45, 2.75) is 18.5 Å². The van der Waals surface area contributed by atoms with Gasteiger partial charge in [0.05, 0.1) is 0 Å². The molecule has 0 radical (unpaired) electrons. The maximum atomic E-state index is 6.05. The molecule has 5 heteroatoms. The number of nitrogens with two attached hydrogens (primary N) is 1. The van der Waals surface area contributed by atoms with Gasteiger partial charge >= 0.3 is 0 Å². The van der Waals surface area contributed by atoms with E-state index in [0.29, 0.717) is 18.5 Å². The lowest BCUT2D eigenvalue weighted by Crippen LogP contribution is -2.50. The molecule has 2 aliphatic heterocycles. The summed E-state index contributed by atoms with van der Waals surface area (Å²) in [7, 11) is 0. The molecule has 3 N–H and O–H groups in total. The monoisotopic (exact) mass is 365 g/mol. The predicted octanol–water partition coefficient (Wildman–Crippen LogP) is 3.08. The fraction of sp³-hybridized carbons (Fsp3) is 0.368. The quantitative estimate of drug-likeness (QED) is 0.858. The Kier molecular flexibility index (Phi) is 6.67. The van der Waals surface area contributed by atoms with E-state index in [1.165, 1.54) is 22.3 Å². The van der Waals surface area contributed by atoms with Gasteiger partial charge in [0.15, 0.2) is 0 Å². The lowest BCUT2D eigenvalue weighted by atomic mass is 9.78. The van der Waals surface area contributed by atoms with Crippen molar-refractivity contribution in [3.05, 3.63) is 70.8 Å². The SMILES string of the molecule is Cl.Cl.NCc1cccc2c1[C@H](c1ccccc1)CN1CCNC[C@H]21. The molecule has 2 heterocycles. The van der Waals surface area contributed by atoms with Crippen LogP contribution in [0.1, 0.15) is 34.2 Å². The van der Waals surface area contributed by atoms with Crippen molar-refractivity contribution in [2.75, 3.05) is 26.2 Å². The second-order valence-corrected chi connectivity index (χ2v) is 6.30. The fourth-order valence-corrected chi connectivity index (χ4v) is 4.08. The Hall–Kier alpha value is -1.10. The predicted molar refractivity (Wildman–Crippen MR) is 104 cm³/mol. The van der Waals surface area contributed by atoms with E-state index in [-0.39, 0.29) is 24.8 Å². The van der Waals surface area contributed by atoms with Crippen LogP contribution in [-0.2, 0) is 6.54 Å². The van der Waals surface area contributed by atoms with Gasteiger partial charge in [0.2, 0.25) is 0 Å². The minimum absolute atomic E-state index is 0. The van der Waals surface area contributed by atoms with E-state index in [9.17, 15) is 0 Å². The average Bonchev–Trinajstić information content (AvgIpc) is 2.61. The van der Waals surface area contributed by atoms with Crippen LogP contribution < -0.4 is 11.1 Å². The van der Waals surface area contributed by atoms with Crippen LogP contribution in [0.3, 0.4) is 0 Å². The van der Waals surface area contributed by atoms with E-state index in [2.05, 4.69) is 58.7 Å². The molecule has 0 spiro atoms. The Balaban J connectivity index is 0.00000104. The van der Waals surface area contributed by atoms with E-state index in [1.54, 1.807) is 0 Å². The summed E-state index contributed by atoms with van der Waals surface area (Å²) < 4.78 is 0. The summed E-state index contributed by atoms with van der Waals surface area (Å²) >= 11 is 0. The smallest absolute Gasteiger partial charge is 0.0476 e. The third-order valence-corrected chi connectivity index (χ3v) is 5.13. The van der Waals surface area contributed by atoms with Crippen LogP contribution in [0.15, 0.2) is 48.5 Å². The number of fused-ring (bicyclic) bond motifs is 3. The summed E-state index contributed by atoms with van der Waals surface area (Å²) in [5, 5.41) is 3.54. The minimum atomic E-state index is 0. The molecule has 4 rings (SSSR count). The highest BCUT2D eigenvalue weighted by atomic mass is 35.5. The first-order valence-electron chi connectivity index (χ1n) is 8.20. The molecular weight excluding hydrogens is 341 g/mol. The normalized spacial score (nSPS) is 22.5. The van der Waals surface area contributed by atoms with Gasteiger partial charge in [-0.3, -0.25) is 4.90 Å². The first-order chi connectivity index (χ1) is 10.9. The zero-order valence-corrected chi connectivity index (χ0v) is 15.3. The topological polar surface area (TPSA) is 41.3 Å². The van der Waals surface area contributed by atoms with Gasteiger partial charge in [-0.05, 0) is 22.3 Å². The summed E-state index contributed by atoms with van der Waals surface area (Å²) in [4.78, 5) is 2.64. The lowest BCUT2D eigenvalue weighted by Gasteiger charge is -2.45. The zero-order valence-electron chi connectivity index (χ0n) is 13.7. The van der Waals surface area contributed by atoms with Crippen molar-refractivity contribution in [3.63, 3.8) is 0 Å². The summed E-state index contributed by atoms with van der Waals surface area (Å²) in [5.41, 5.74) is 11.7. The number of nitrogens with one attached hydrogen (secondary N) is 1. The Morgan fingerprint density at radius 2 is 1.83 bits per heavy atom. The lowest BCUT2D eigenvalue weighted by molar-refractivity contribution is 0.143. The maximum absolute atomic E-state index is 6.05. The highest BCUT2D eigenvalue weighted by molar-refractivity contribution is 5.85. The van der Waals surface area contributed by atoms with Gasteiger partial charge in [-0.15, -0.1) is 24.8 Å². The molecule has 3 nitrogen and oxygen atoms in total. The van der Waals surface area contributed by atoms with Gasteiger partial charge in [-0.25, -0.2) is 0 Å². The van der Waals surface area contributed by atoms with Crippen molar-refractivity contribution in [3.8, 4) is 0 Å². The summed E-state index contributed by atoms with van der Waals surface area (Å²) in [5.74, 6) is 0.435. The third-order valence-electron chi connectivity index (χ3n) is 5.13. The highest BCUT2D eigenvalue weighted by Gasteiger charge is 2.35. The Morgan fingerprint density at radius 1 is 1.04 bits per heavy atom. The van der Waals surface area contributed by atoms with Crippen LogP contribution in [0, 0.1) is 0 Å².